The summed E-state index contributed by atoms with van der Waals surface area (Å²) in [7, 11) is 0. The number of rotatable bonds is 5. The lowest BCUT2D eigenvalue weighted by Gasteiger charge is -2.10. The van der Waals surface area contributed by atoms with Gasteiger partial charge in [0, 0.05) is 11.5 Å². The van der Waals surface area contributed by atoms with Gasteiger partial charge in [0.25, 0.3) is 0 Å². The minimum absolute atomic E-state index is 0.425. The maximum absolute atomic E-state index is 4.39. The Morgan fingerprint density at radius 3 is 2.55 bits per heavy atom. The average Bonchev–Trinajstić information content (AvgIpc) is 3.11. The lowest BCUT2D eigenvalue weighted by molar-refractivity contribution is 0.544. The van der Waals surface area contributed by atoms with Gasteiger partial charge in [-0.2, -0.15) is 0 Å². The first-order valence-electron chi connectivity index (χ1n) is 7.21. The van der Waals surface area contributed by atoms with Crippen molar-refractivity contribution in [3.63, 3.8) is 0 Å². The summed E-state index contributed by atoms with van der Waals surface area (Å²) < 4.78 is 2.05. The summed E-state index contributed by atoms with van der Waals surface area (Å²) in [5, 5.41) is 8.76. The molecule has 0 atom stereocenters. The van der Waals surface area contributed by atoms with Crippen molar-refractivity contribution >= 4 is 0 Å². The molecule has 0 bridgehead atoms. The number of nitrogens with zero attached hydrogens (tertiary/aromatic N) is 3. The van der Waals surface area contributed by atoms with Crippen molar-refractivity contribution in [1.29, 1.82) is 0 Å². The average molecular weight is 265 g/mol. The Hall–Kier alpha value is -2.16. The van der Waals surface area contributed by atoms with Gasteiger partial charge in [0.15, 0.2) is 0 Å². The van der Waals surface area contributed by atoms with E-state index in [2.05, 4.69) is 65.8 Å². The second-order valence-electron chi connectivity index (χ2n) is 5.12. The first kappa shape index (κ1) is 12.9. The fourth-order valence-corrected chi connectivity index (χ4v) is 2.59. The van der Waals surface area contributed by atoms with E-state index in [1.54, 1.807) is 0 Å². The topological polar surface area (TPSA) is 30.7 Å². The molecule has 1 aromatic carbocycles. The Bertz CT molecular complexity index is 611. The van der Waals surface area contributed by atoms with E-state index in [9.17, 15) is 0 Å². The zero-order valence-electron chi connectivity index (χ0n) is 11.7. The van der Waals surface area contributed by atoms with Gasteiger partial charge < -0.3 is 0 Å². The third-order valence-corrected chi connectivity index (χ3v) is 3.55. The normalized spacial score (nSPS) is 14.2. The van der Waals surface area contributed by atoms with Crippen LogP contribution in [-0.4, -0.2) is 15.0 Å². The van der Waals surface area contributed by atoms with Gasteiger partial charge in [-0.1, -0.05) is 73.2 Å². The van der Waals surface area contributed by atoms with Crippen molar-refractivity contribution in [2.24, 2.45) is 5.92 Å². The molecule has 3 nitrogen and oxygen atoms in total. The lowest BCUT2D eigenvalue weighted by atomic mass is 10.1. The lowest BCUT2D eigenvalue weighted by Crippen LogP contribution is -2.09. The van der Waals surface area contributed by atoms with Crippen LogP contribution < -0.4 is 0 Å². The number of aromatic nitrogens is 3. The summed E-state index contributed by atoms with van der Waals surface area (Å²) in [6, 6.07) is 10.4. The first-order chi connectivity index (χ1) is 9.88. The van der Waals surface area contributed by atoms with Crippen LogP contribution in [-0.2, 0) is 13.0 Å². The Balaban J connectivity index is 1.97. The van der Waals surface area contributed by atoms with Gasteiger partial charge in [-0.3, -0.25) is 0 Å². The first-order valence-corrected chi connectivity index (χ1v) is 7.21. The molecular formula is C17H19N3. The fraction of sp³-hybridized carbons (Fsp3) is 0.294. The Morgan fingerprint density at radius 2 is 1.85 bits per heavy atom. The molecule has 1 aliphatic rings. The van der Waals surface area contributed by atoms with Crippen molar-refractivity contribution < 1.29 is 0 Å². The van der Waals surface area contributed by atoms with Crippen LogP contribution in [0.2, 0.25) is 0 Å². The standard InChI is InChI=1S/C17H19N3/c1-2-8-16-17(15-11-4-3-5-12-15)20(19-18-16)13-14-9-6-7-10-14/h3-7,9-12,14H,2,8,13H2,1H3. The molecule has 1 heterocycles. The summed E-state index contributed by atoms with van der Waals surface area (Å²) in [5.74, 6) is 0.425. The zero-order valence-corrected chi connectivity index (χ0v) is 11.7. The molecule has 1 aliphatic carbocycles. The van der Waals surface area contributed by atoms with E-state index in [4.69, 9.17) is 0 Å². The van der Waals surface area contributed by atoms with Gasteiger partial charge in [-0.05, 0) is 6.42 Å². The molecule has 102 valence electrons. The molecule has 0 saturated heterocycles. The van der Waals surface area contributed by atoms with E-state index < -0.39 is 0 Å². The predicted octanol–water partition coefficient (Wildman–Crippen LogP) is 3.64. The molecule has 3 rings (SSSR count). The van der Waals surface area contributed by atoms with Gasteiger partial charge in [-0.15, -0.1) is 5.10 Å². The maximum atomic E-state index is 4.39. The molecule has 0 radical (unpaired) electrons. The van der Waals surface area contributed by atoms with Crippen LogP contribution in [0.4, 0.5) is 0 Å². The zero-order chi connectivity index (χ0) is 13.8. The van der Waals surface area contributed by atoms with Crippen LogP contribution in [0, 0.1) is 5.92 Å². The van der Waals surface area contributed by atoms with Crippen molar-refractivity contribution in [3.05, 3.63) is 60.3 Å². The monoisotopic (exact) mass is 265 g/mol. The van der Waals surface area contributed by atoms with Crippen LogP contribution in [0.5, 0.6) is 0 Å². The van der Waals surface area contributed by atoms with Gasteiger partial charge >= 0.3 is 0 Å². The molecule has 3 heteroatoms. The minimum atomic E-state index is 0.425. The molecule has 0 saturated carbocycles. The molecular weight excluding hydrogens is 246 g/mol. The summed E-state index contributed by atoms with van der Waals surface area (Å²) in [4.78, 5) is 0. The van der Waals surface area contributed by atoms with Crippen molar-refractivity contribution in [2.75, 3.05) is 0 Å². The minimum Gasteiger partial charge on any atom is -0.243 e. The van der Waals surface area contributed by atoms with Gasteiger partial charge in [0.2, 0.25) is 0 Å². The number of hydrogen-bond acceptors (Lipinski definition) is 2. The molecule has 0 unspecified atom stereocenters. The van der Waals surface area contributed by atoms with Crippen LogP contribution in [0.3, 0.4) is 0 Å². The number of allylic oxidation sites excluding steroid dienone is 4. The van der Waals surface area contributed by atoms with Crippen LogP contribution in [0.25, 0.3) is 11.3 Å². The molecule has 0 fully saturated rings. The van der Waals surface area contributed by atoms with Crippen LogP contribution in [0.15, 0.2) is 54.6 Å². The highest BCUT2D eigenvalue weighted by atomic mass is 15.4. The van der Waals surface area contributed by atoms with Crippen molar-refractivity contribution in [2.45, 2.75) is 26.3 Å². The van der Waals surface area contributed by atoms with Crippen molar-refractivity contribution in [3.8, 4) is 11.3 Å². The molecule has 0 aliphatic heterocycles. The molecule has 1 aromatic heterocycles. The molecule has 0 amide bonds. The van der Waals surface area contributed by atoms with E-state index >= 15 is 0 Å². The van der Waals surface area contributed by atoms with E-state index in [0.29, 0.717) is 5.92 Å². The largest absolute Gasteiger partial charge is 0.243 e. The molecule has 20 heavy (non-hydrogen) atoms. The van der Waals surface area contributed by atoms with Crippen molar-refractivity contribution in [1.82, 2.24) is 15.0 Å². The van der Waals surface area contributed by atoms with Gasteiger partial charge in [0.1, 0.15) is 0 Å². The van der Waals surface area contributed by atoms with Crippen LogP contribution >= 0.6 is 0 Å². The predicted molar refractivity (Wildman–Crippen MR) is 81.2 cm³/mol. The van der Waals surface area contributed by atoms with Gasteiger partial charge in [0.05, 0.1) is 17.9 Å². The molecule has 0 N–H and O–H groups in total. The van der Waals surface area contributed by atoms with E-state index in [1.165, 1.54) is 11.3 Å². The summed E-state index contributed by atoms with van der Waals surface area (Å²) >= 11 is 0. The highest BCUT2D eigenvalue weighted by Gasteiger charge is 2.16. The Morgan fingerprint density at radius 1 is 1.10 bits per heavy atom. The second-order valence-corrected chi connectivity index (χ2v) is 5.12. The molecule has 2 aromatic rings. The Labute approximate surface area is 119 Å². The third kappa shape index (κ3) is 2.57. The maximum Gasteiger partial charge on any atom is 0.0918 e. The number of aryl methyl sites for hydroxylation is 1. The number of benzene rings is 1. The summed E-state index contributed by atoms with van der Waals surface area (Å²) in [6.07, 6.45) is 10.7. The van der Waals surface area contributed by atoms with Gasteiger partial charge in [-0.25, -0.2) is 4.68 Å². The van der Waals surface area contributed by atoms with E-state index in [0.717, 1.165) is 25.1 Å². The number of hydrogen-bond donors (Lipinski definition) is 0. The Kier molecular flexibility index (Phi) is 3.77. The third-order valence-electron chi connectivity index (χ3n) is 3.55. The van der Waals surface area contributed by atoms with E-state index in [-0.39, 0.29) is 0 Å². The summed E-state index contributed by atoms with van der Waals surface area (Å²) in [6.45, 7) is 3.03. The highest BCUT2D eigenvalue weighted by molar-refractivity contribution is 5.61. The second kappa shape index (κ2) is 5.87. The summed E-state index contributed by atoms with van der Waals surface area (Å²) in [5.41, 5.74) is 3.47. The van der Waals surface area contributed by atoms with E-state index in [1.807, 2.05) is 10.7 Å². The fourth-order valence-electron chi connectivity index (χ4n) is 2.59. The van der Waals surface area contributed by atoms with Crippen LogP contribution in [0.1, 0.15) is 19.0 Å². The quantitative estimate of drug-likeness (QED) is 0.826. The SMILES string of the molecule is CCCc1nnn(CC2C=CC=C2)c1-c1ccccc1. The smallest absolute Gasteiger partial charge is 0.0918 e. The molecule has 0 spiro atoms. The highest BCUT2D eigenvalue weighted by Crippen LogP contribution is 2.24.